The van der Waals surface area contributed by atoms with Crippen LogP contribution in [-0.4, -0.2) is 203 Å². The molecule has 0 spiro atoms. The minimum Gasteiger partial charge on any atom is -0.497 e. The Bertz CT molecular complexity index is 7680. The average molecular weight is 2000 g/mol. The normalized spacial score (nSPS) is 15.1. The van der Waals surface area contributed by atoms with E-state index < -0.39 is 9.84 Å². The number of nitrogens with zero attached hydrogens (tertiary/aromatic N) is 14. The molecule has 23 rings (SSSR count). The summed E-state index contributed by atoms with van der Waals surface area (Å²) in [4.78, 5) is 71.4. The Morgan fingerprint density at radius 1 is 0.329 bits per heavy atom. The van der Waals surface area contributed by atoms with Crippen LogP contribution in [0.2, 0.25) is 20.1 Å². The number of hydrogen-bond donors (Lipinski definition) is 1. The number of nitrogens with one attached hydrogen (secondary N) is 1. The zero-order chi connectivity index (χ0) is 98.0. The van der Waals surface area contributed by atoms with E-state index >= 15 is 0 Å². The number of methoxy groups -OCH3 is 2. The molecule has 5 aliphatic rings. The molecule has 3 amide bonds. The second kappa shape index (κ2) is 43.8. The zero-order valence-corrected chi connectivity index (χ0v) is 83.2. The van der Waals surface area contributed by atoms with Crippen LogP contribution in [0.3, 0.4) is 0 Å². The van der Waals surface area contributed by atoms with E-state index in [0.29, 0.717) is 114 Å². The van der Waals surface area contributed by atoms with Gasteiger partial charge in [0.05, 0.1) is 82.4 Å². The number of rotatable bonds is 22. The number of carbonyl (C=O) groups is 3. The van der Waals surface area contributed by atoms with Crippen LogP contribution in [0.25, 0.3) is 112 Å². The highest BCUT2D eigenvalue weighted by Crippen LogP contribution is 2.40. The number of sulfone groups is 1. The molecule has 10 aromatic carbocycles. The molecule has 0 atom stereocenters. The maximum Gasteiger partial charge on any atom is 0.257 e. The Balaban J connectivity index is 0.000000117. The third kappa shape index (κ3) is 22.3. The molecule has 0 radical (unpaired) electrons. The van der Waals surface area contributed by atoms with Gasteiger partial charge in [0.1, 0.15) is 34.1 Å². The molecule has 5 fully saturated rings. The van der Waals surface area contributed by atoms with Gasteiger partial charge in [-0.15, -0.1) is 0 Å². The summed E-state index contributed by atoms with van der Waals surface area (Å²) >= 11 is 24.6. The Morgan fingerprint density at radius 2 is 0.650 bits per heavy atom. The van der Waals surface area contributed by atoms with Gasteiger partial charge in [-0.05, 0) is 211 Å². The minimum absolute atomic E-state index is 0.0104. The molecule has 1 saturated carbocycles. The summed E-state index contributed by atoms with van der Waals surface area (Å²) in [6, 6.07) is 104. The number of likely N-dealkylation sites (tertiary alicyclic amines) is 1. The third-order valence-electron chi connectivity index (χ3n) is 27.3. The summed E-state index contributed by atoms with van der Waals surface area (Å²) < 4.78 is 45.0. The molecule has 1 N–H and O–H groups in total. The van der Waals surface area contributed by atoms with Gasteiger partial charge in [0.2, 0.25) is 5.91 Å². The molecule has 1 aliphatic carbocycles. The molecule has 8 aromatic heterocycles. The fraction of sp³-hybridized carbons (Fsp3) is 0.216. The predicted octanol–water partition coefficient (Wildman–Crippen LogP) is 22.7. The van der Waals surface area contributed by atoms with Crippen molar-refractivity contribution in [1.29, 1.82) is 0 Å². The fourth-order valence-corrected chi connectivity index (χ4v) is 22.1. The number of benzene rings is 10. The molecule has 22 nitrogen and oxygen atoms in total. The molecule has 143 heavy (non-hydrogen) atoms. The summed E-state index contributed by atoms with van der Waals surface area (Å²) in [5, 5.41) is 5.43. The van der Waals surface area contributed by atoms with Crippen molar-refractivity contribution < 1.29 is 32.3 Å². The fourth-order valence-electron chi connectivity index (χ4n) is 19.4. The van der Waals surface area contributed by atoms with Gasteiger partial charge in [0.25, 0.3) is 11.8 Å². The summed E-state index contributed by atoms with van der Waals surface area (Å²) in [5.74, 6) is 1.41. The zero-order valence-electron chi connectivity index (χ0n) is 79.4. The molecule has 18 aromatic rings. The van der Waals surface area contributed by atoms with E-state index in [-0.39, 0.29) is 28.2 Å². The van der Waals surface area contributed by atoms with E-state index in [1.807, 2.05) is 204 Å². The maximum absolute atomic E-state index is 13.2. The summed E-state index contributed by atoms with van der Waals surface area (Å²) in [7, 11) is 0.256. The van der Waals surface area contributed by atoms with Gasteiger partial charge in [0.15, 0.2) is 9.84 Å². The number of para-hydroxylation sites is 1. The molecule has 12 heterocycles. The van der Waals surface area contributed by atoms with Crippen LogP contribution in [0.4, 0.5) is 0 Å². The topological polar surface area (TPSA) is 204 Å². The van der Waals surface area contributed by atoms with Crippen molar-refractivity contribution in [3.05, 3.63) is 394 Å². The number of halogens is 4. The molecule has 0 bridgehead atoms. The summed E-state index contributed by atoms with van der Waals surface area (Å²) in [5.41, 5.74) is 26.3. The van der Waals surface area contributed by atoms with Crippen LogP contribution in [0, 0.1) is 0 Å². The summed E-state index contributed by atoms with van der Waals surface area (Å²) in [6.07, 6.45) is 11.8. The van der Waals surface area contributed by atoms with Crippen LogP contribution < -0.4 is 14.8 Å². The van der Waals surface area contributed by atoms with Crippen LogP contribution in [-0.2, 0) is 40.8 Å². The first-order valence-corrected chi connectivity index (χ1v) is 51.5. The van der Waals surface area contributed by atoms with Gasteiger partial charge < -0.3 is 42.2 Å². The van der Waals surface area contributed by atoms with Crippen molar-refractivity contribution >= 4 is 96.6 Å². The van der Waals surface area contributed by atoms with Crippen molar-refractivity contribution in [1.82, 2.24) is 72.3 Å². The van der Waals surface area contributed by atoms with E-state index in [9.17, 15) is 22.8 Å². The van der Waals surface area contributed by atoms with Crippen molar-refractivity contribution in [2.24, 2.45) is 0 Å². The molecular formula is C116H107Cl4N15O7S. The molecule has 4 aliphatic heterocycles. The van der Waals surface area contributed by atoms with Gasteiger partial charge in [0, 0.05) is 164 Å². The number of ether oxygens (including phenoxy) is 2. The van der Waals surface area contributed by atoms with Crippen LogP contribution >= 0.6 is 46.4 Å². The Kier molecular flexibility index (Phi) is 29.5. The van der Waals surface area contributed by atoms with E-state index in [1.165, 1.54) is 0 Å². The highest BCUT2D eigenvalue weighted by atomic mass is 35.5. The Morgan fingerprint density at radius 3 is 0.993 bits per heavy atom. The van der Waals surface area contributed by atoms with E-state index in [1.54, 1.807) is 20.3 Å². The average Bonchev–Trinajstić information content (AvgIpc) is 1.63. The lowest BCUT2D eigenvalue weighted by molar-refractivity contribution is -0.124. The van der Waals surface area contributed by atoms with Crippen LogP contribution in [0.1, 0.15) is 69.2 Å². The second-order valence-corrected chi connectivity index (χ2v) is 40.9. The van der Waals surface area contributed by atoms with Gasteiger partial charge >= 0.3 is 0 Å². The van der Waals surface area contributed by atoms with E-state index in [0.717, 1.165) is 200 Å². The highest BCUT2D eigenvalue weighted by molar-refractivity contribution is 7.92. The first-order chi connectivity index (χ1) is 69.8. The monoisotopic (exact) mass is 1990 g/mol. The van der Waals surface area contributed by atoms with Gasteiger partial charge in [-0.25, -0.2) is 28.4 Å². The Labute approximate surface area is 851 Å². The quantitative estimate of drug-likeness (QED) is 0.0670. The SMILES string of the molecule is COc1cccc(C(=O)N2CCN(Cc3c(-c4ccc(Cl)cc4)nc4ccc(-c5ccccc5)cn34)CC2)c1.COc1ccccc1C(=O)N1CCN(Cc2c(-c3ccc(Cl)cc3)nc3ccc(-c4ccccc4)cn23)CC1.O=C1CN(Cc2c(-c3ccc(Cl)cc3)nc3ccc(-c4ccccc4)cn23)CCN1.O=S(=O)(C1CC1)C1CCN(Cc2c(-c3ccc(Cl)cc3)nc3ccc(-c4ccccc4)cn23)CC1. The van der Waals surface area contributed by atoms with Crippen molar-refractivity contribution in [2.75, 3.05) is 99.3 Å². The van der Waals surface area contributed by atoms with Gasteiger partial charge in [-0.3, -0.25) is 34.0 Å². The number of amides is 3. The standard InChI is InChI=1S/2C32H29ClN4O2.C28H28ClN3O2S.C24H21ClN4O/c1-39-29-10-6-5-9-27(29)32(38)36-19-17-35(18-20-36)22-28-31(24-11-14-26(33)15-12-24)34-30-16-13-25(21-37(28)30)23-7-3-2-4-8-23;1-39-28-9-5-8-25(20-28)32(38)36-18-16-35(17-19-36)22-29-31(24-10-13-27(33)14-11-24)34-30-15-12-26(21-37(29)30)23-6-3-2-4-7-23;29-23-9-6-21(7-10-23)28-26(19-31-16-14-25(15-17-31)35(33,34)24-11-12-24)32-18-22(8-13-27(32)30-28)20-4-2-1-3-5-20;25-20-9-6-18(7-10-20)24-21(15-28-13-12-26-23(30)16-28)29-14-19(8-11-22(29)27-24)17-4-2-1-3-5-17/h2-16,21H,17-20,22H2,1H3;2-15,20-21H,16-19,22H2,1H3;1-10,13,18,24-25H,11-12,14-17,19H2;1-11,14H,12-13,15-16H2,(H,26,30). The molecule has 0 unspecified atom stereocenters. The number of aromatic nitrogens is 8. The lowest BCUT2D eigenvalue weighted by atomic mass is 10.1. The van der Waals surface area contributed by atoms with Gasteiger partial charge in [-0.1, -0.05) is 234 Å². The van der Waals surface area contributed by atoms with E-state index in [4.69, 9.17) is 75.8 Å². The van der Waals surface area contributed by atoms with Crippen molar-refractivity contribution in [3.8, 4) is 101 Å². The van der Waals surface area contributed by atoms with Gasteiger partial charge in [-0.2, -0.15) is 0 Å². The number of piperazine rings is 3. The van der Waals surface area contributed by atoms with Crippen molar-refractivity contribution in [3.63, 3.8) is 0 Å². The van der Waals surface area contributed by atoms with Crippen LogP contribution in [0.15, 0.2) is 340 Å². The highest BCUT2D eigenvalue weighted by Gasteiger charge is 2.43. The van der Waals surface area contributed by atoms with Crippen molar-refractivity contribution in [2.45, 2.75) is 62.4 Å². The molecular weight excluding hydrogens is 1890 g/mol. The molecule has 722 valence electrons. The number of hydrogen-bond acceptors (Lipinski definition) is 15. The maximum atomic E-state index is 13.2. The first-order valence-electron chi connectivity index (χ1n) is 48.4. The molecule has 27 heteroatoms. The van der Waals surface area contributed by atoms with Crippen LogP contribution in [0.5, 0.6) is 11.5 Å². The molecule has 4 saturated heterocycles. The Hall–Kier alpha value is -14.1. The lowest BCUT2D eigenvalue weighted by Crippen LogP contribution is -2.48. The number of piperidine rings is 1. The largest absolute Gasteiger partial charge is 0.497 e. The minimum atomic E-state index is -2.96. The second-order valence-electron chi connectivity index (χ2n) is 36.6. The lowest BCUT2D eigenvalue weighted by Gasteiger charge is -2.35. The third-order valence-corrected chi connectivity index (χ3v) is 31.2. The smallest absolute Gasteiger partial charge is 0.257 e. The summed E-state index contributed by atoms with van der Waals surface area (Å²) in [6.45, 7) is 12.0. The number of imidazole rings is 4. The van der Waals surface area contributed by atoms with E-state index in [2.05, 4.69) is 183 Å². The number of pyridine rings is 4. The number of fused-ring (bicyclic) bond motifs is 4. The first kappa shape index (κ1) is 96.4. The predicted molar refractivity (Wildman–Crippen MR) is 571 cm³/mol. The number of carbonyl (C=O) groups excluding carboxylic acids is 3.